The Balaban J connectivity index is 1.76. The van der Waals surface area contributed by atoms with Gasteiger partial charge in [-0.05, 0) is 38.5 Å². The minimum atomic E-state index is 0.527. The summed E-state index contributed by atoms with van der Waals surface area (Å²) in [5.74, 6) is 0.893. The van der Waals surface area contributed by atoms with Crippen molar-refractivity contribution in [2.75, 3.05) is 0 Å². The number of nitrogens with zero attached hydrogens (tertiary/aromatic N) is 2. The summed E-state index contributed by atoms with van der Waals surface area (Å²) in [6, 6.07) is 1.91. The Kier molecular flexibility index (Phi) is 2.95. The molecule has 1 saturated heterocycles. The number of nitrogens with one attached hydrogen (secondary N) is 1. The van der Waals surface area contributed by atoms with Crippen LogP contribution in [0, 0.1) is 5.92 Å². The largest absolute Gasteiger partial charge is 0.330 e. The Hall–Kier alpha value is -0.830. The summed E-state index contributed by atoms with van der Waals surface area (Å²) in [6.45, 7) is 4.58. The van der Waals surface area contributed by atoms with E-state index in [1.807, 2.05) is 6.33 Å². The highest BCUT2D eigenvalue weighted by Crippen LogP contribution is 2.47. The zero-order valence-corrected chi connectivity index (χ0v) is 10.9. The normalized spacial score (nSPS) is 37.1. The third kappa shape index (κ3) is 2.13. The topological polar surface area (TPSA) is 29.9 Å². The summed E-state index contributed by atoms with van der Waals surface area (Å²) in [6.07, 6.45) is 10.7. The molecule has 3 heteroatoms. The Morgan fingerprint density at radius 2 is 2.35 bits per heavy atom. The summed E-state index contributed by atoms with van der Waals surface area (Å²) in [7, 11) is 0. The summed E-state index contributed by atoms with van der Waals surface area (Å²) in [4.78, 5) is 4.38. The van der Waals surface area contributed by atoms with E-state index in [9.17, 15) is 0 Å². The maximum Gasteiger partial charge on any atom is 0.0951 e. The van der Waals surface area contributed by atoms with Gasteiger partial charge in [-0.1, -0.05) is 13.3 Å². The second-order valence-electron chi connectivity index (χ2n) is 5.75. The van der Waals surface area contributed by atoms with Crippen molar-refractivity contribution in [3.8, 4) is 0 Å². The summed E-state index contributed by atoms with van der Waals surface area (Å²) in [5.41, 5.74) is 1.41. The summed E-state index contributed by atoms with van der Waals surface area (Å²) in [5, 5.41) is 3.71. The average Bonchev–Trinajstić information content (AvgIpc) is 2.96. The first-order chi connectivity index (χ1) is 8.29. The van der Waals surface area contributed by atoms with E-state index in [-0.39, 0.29) is 0 Å². The molecular formula is C14H23N3. The molecule has 1 aliphatic heterocycles. The highest BCUT2D eigenvalue weighted by Gasteiger charge is 2.38. The lowest BCUT2D eigenvalue weighted by atomic mass is 9.97. The second-order valence-corrected chi connectivity index (χ2v) is 5.75. The fourth-order valence-electron chi connectivity index (χ4n) is 3.24. The van der Waals surface area contributed by atoms with Gasteiger partial charge in [0.25, 0.3) is 0 Å². The molecule has 1 N–H and O–H groups in total. The third-order valence-electron chi connectivity index (χ3n) is 4.44. The lowest BCUT2D eigenvalue weighted by Crippen LogP contribution is -2.35. The molecule has 0 aromatic carbocycles. The Morgan fingerprint density at radius 1 is 1.47 bits per heavy atom. The van der Waals surface area contributed by atoms with Gasteiger partial charge in [0.2, 0.25) is 0 Å². The van der Waals surface area contributed by atoms with E-state index >= 15 is 0 Å². The van der Waals surface area contributed by atoms with Crippen LogP contribution in [0.1, 0.15) is 63.7 Å². The molecule has 0 spiro atoms. The highest BCUT2D eigenvalue weighted by molar-refractivity contribution is 5.11. The molecule has 1 saturated carbocycles. The van der Waals surface area contributed by atoms with Gasteiger partial charge in [-0.25, -0.2) is 4.98 Å². The molecule has 94 valence electrons. The minimum Gasteiger partial charge on any atom is -0.330 e. The number of hydrogen-bond acceptors (Lipinski definition) is 2. The first-order valence-corrected chi connectivity index (χ1v) is 7.07. The molecule has 0 radical (unpaired) electrons. The van der Waals surface area contributed by atoms with Crippen LogP contribution in [0.3, 0.4) is 0 Å². The molecule has 1 aliphatic carbocycles. The van der Waals surface area contributed by atoms with Gasteiger partial charge in [-0.2, -0.15) is 0 Å². The van der Waals surface area contributed by atoms with E-state index in [2.05, 4.69) is 34.9 Å². The van der Waals surface area contributed by atoms with Gasteiger partial charge in [-0.3, -0.25) is 0 Å². The molecule has 17 heavy (non-hydrogen) atoms. The zero-order valence-electron chi connectivity index (χ0n) is 10.9. The van der Waals surface area contributed by atoms with Crippen molar-refractivity contribution in [3.63, 3.8) is 0 Å². The van der Waals surface area contributed by atoms with E-state index in [1.165, 1.54) is 37.8 Å². The highest BCUT2D eigenvalue weighted by atomic mass is 15.1. The van der Waals surface area contributed by atoms with Gasteiger partial charge < -0.3 is 9.88 Å². The number of piperidine rings is 1. The predicted molar refractivity (Wildman–Crippen MR) is 68.9 cm³/mol. The Bertz CT molecular complexity index is 385. The van der Waals surface area contributed by atoms with Gasteiger partial charge in [0.05, 0.1) is 12.0 Å². The molecule has 2 heterocycles. The first-order valence-electron chi connectivity index (χ1n) is 7.07. The Morgan fingerprint density at radius 3 is 3.06 bits per heavy atom. The molecule has 2 fully saturated rings. The molecule has 4 unspecified atom stereocenters. The lowest BCUT2D eigenvalue weighted by molar-refractivity contribution is 0.328. The quantitative estimate of drug-likeness (QED) is 0.869. The number of rotatable bonds is 3. The smallest absolute Gasteiger partial charge is 0.0951 e. The maximum absolute atomic E-state index is 4.38. The van der Waals surface area contributed by atoms with Crippen LogP contribution in [0.2, 0.25) is 0 Å². The summed E-state index contributed by atoms with van der Waals surface area (Å²) >= 11 is 0. The summed E-state index contributed by atoms with van der Waals surface area (Å²) < 4.78 is 2.43. The van der Waals surface area contributed by atoms with Crippen molar-refractivity contribution in [1.29, 1.82) is 0 Å². The van der Waals surface area contributed by atoms with Crippen LogP contribution >= 0.6 is 0 Å². The van der Waals surface area contributed by atoms with Crippen LogP contribution in [0.25, 0.3) is 0 Å². The first kappa shape index (κ1) is 11.3. The van der Waals surface area contributed by atoms with Crippen LogP contribution in [0.15, 0.2) is 12.5 Å². The van der Waals surface area contributed by atoms with E-state index in [0.717, 1.165) is 12.0 Å². The van der Waals surface area contributed by atoms with Crippen LogP contribution in [0.5, 0.6) is 0 Å². The van der Waals surface area contributed by atoms with Crippen LogP contribution < -0.4 is 5.32 Å². The van der Waals surface area contributed by atoms with Crippen molar-refractivity contribution in [1.82, 2.24) is 14.9 Å². The molecule has 3 rings (SSSR count). The van der Waals surface area contributed by atoms with Gasteiger partial charge in [0.15, 0.2) is 0 Å². The second kappa shape index (κ2) is 4.45. The van der Waals surface area contributed by atoms with Crippen LogP contribution in [-0.4, -0.2) is 15.6 Å². The fraction of sp³-hybridized carbons (Fsp3) is 0.786. The third-order valence-corrected chi connectivity index (χ3v) is 4.44. The molecule has 4 atom stereocenters. The van der Waals surface area contributed by atoms with Crippen molar-refractivity contribution < 1.29 is 0 Å². The van der Waals surface area contributed by atoms with Gasteiger partial charge in [0, 0.05) is 24.3 Å². The van der Waals surface area contributed by atoms with Crippen molar-refractivity contribution in [3.05, 3.63) is 18.2 Å². The van der Waals surface area contributed by atoms with Gasteiger partial charge in [0.1, 0.15) is 0 Å². The van der Waals surface area contributed by atoms with E-state index in [0.29, 0.717) is 12.1 Å². The molecule has 0 amide bonds. The predicted octanol–water partition coefficient (Wildman–Crippen LogP) is 3.06. The van der Waals surface area contributed by atoms with Gasteiger partial charge in [-0.15, -0.1) is 0 Å². The van der Waals surface area contributed by atoms with E-state index in [1.54, 1.807) is 0 Å². The van der Waals surface area contributed by atoms with Crippen LogP contribution in [-0.2, 0) is 0 Å². The molecule has 1 aromatic rings. The molecule has 2 aliphatic rings. The molecular weight excluding hydrogens is 210 g/mol. The number of imidazole rings is 1. The van der Waals surface area contributed by atoms with Crippen molar-refractivity contribution >= 4 is 0 Å². The minimum absolute atomic E-state index is 0.527. The molecule has 3 nitrogen and oxygen atoms in total. The fourth-order valence-corrected chi connectivity index (χ4v) is 3.24. The maximum atomic E-state index is 4.38. The average molecular weight is 233 g/mol. The van der Waals surface area contributed by atoms with Gasteiger partial charge >= 0.3 is 0 Å². The SMILES string of the molecule is CCC1CC1n1cncc1C1CCCC(C)N1. The number of aromatic nitrogens is 2. The lowest BCUT2D eigenvalue weighted by Gasteiger charge is -2.29. The van der Waals surface area contributed by atoms with E-state index < -0.39 is 0 Å². The number of hydrogen-bond donors (Lipinski definition) is 1. The van der Waals surface area contributed by atoms with Crippen molar-refractivity contribution in [2.45, 2.75) is 64.1 Å². The standard InChI is InChI=1S/C14H23N3/c1-3-11-7-13(11)17-9-15-8-14(17)12-6-4-5-10(2)16-12/h8-13,16H,3-7H2,1-2H3. The molecule has 0 bridgehead atoms. The molecule has 1 aromatic heterocycles. The van der Waals surface area contributed by atoms with E-state index in [4.69, 9.17) is 0 Å². The van der Waals surface area contributed by atoms with Crippen molar-refractivity contribution in [2.24, 2.45) is 5.92 Å². The monoisotopic (exact) mass is 233 g/mol. The Labute approximate surface area is 104 Å². The zero-order chi connectivity index (χ0) is 11.8. The van der Waals surface area contributed by atoms with Crippen LogP contribution in [0.4, 0.5) is 0 Å².